The zero-order chi connectivity index (χ0) is 16.4. The highest BCUT2D eigenvalue weighted by atomic mass is 16.2. The van der Waals surface area contributed by atoms with Crippen molar-refractivity contribution >= 4 is 5.91 Å². The number of hydrogen-bond donors (Lipinski definition) is 0. The van der Waals surface area contributed by atoms with Crippen molar-refractivity contribution in [2.24, 2.45) is 7.05 Å². The highest BCUT2D eigenvalue weighted by Gasteiger charge is 2.31. The Hall–Kier alpha value is -2.10. The first-order chi connectivity index (χ1) is 11.1. The second kappa shape index (κ2) is 6.57. The number of nitrogens with zero attached hydrogens (tertiary/aromatic N) is 3. The molecule has 1 amide bonds. The van der Waals surface area contributed by atoms with Crippen molar-refractivity contribution < 1.29 is 4.79 Å². The van der Waals surface area contributed by atoms with E-state index in [-0.39, 0.29) is 17.9 Å². The van der Waals surface area contributed by atoms with E-state index >= 15 is 0 Å². The summed E-state index contributed by atoms with van der Waals surface area (Å²) in [5, 5.41) is 4.22. The van der Waals surface area contributed by atoms with Gasteiger partial charge in [0.1, 0.15) is 0 Å². The Balaban J connectivity index is 1.84. The van der Waals surface area contributed by atoms with E-state index in [1.165, 1.54) is 11.1 Å². The predicted octanol–water partition coefficient (Wildman–Crippen LogP) is 3.28. The number of carbonyl (C=O) groups excluding carboxylic acids is 1. The fourth-order valence-corrected chi connectivity index (χ4v) is 3.48. The van der Waals surface area contributed by atoms with Crippen molar-refractivity contribution in [3.63, 3.8) is 0 Å². The fourth-order valence-electron chi connectivity index (χ4n) is 3.48. The molecule has 1 aliphatic rings. The first-order valence-corrected chi connectivity index (χ1v) is 8.42. The van der Waals surface area contributed by atoms with Crippen LogP contribution in [-0.2, 0) is 24.8 Å². The topological polar surface area (TPSA) is 38.1 Å². The second-order valence-electron chi connectivity index (χ2n) is 6.73. The molecule has 1 aromatic heterocycles. The Morgan fingerprint density at radius 1 is 1.39 bits per heavy atom. The van der Waals surface area contributed by atoms with Crippen LogP contribution in [-0.4, -0.2) is 26.6 Å². The second-order valence-corrected chi connectivity index (χ2v) is 6.73. The van der Waals surface area contributed by atoms with Gasteiger partial charge in [0.2, 0.25) is 5.91 Å². The van der Waals surface area contributed by atoms with Crippen LogP contribution >= 0.6 is 0 Å². The van der Waals surface area contributed by atoms with Gasteiger partial charge in [-0.1, -0.05) is 24.3 Å². The zero-order valence-electron chi connectivity index (χ0n) is 14.2. The van der Waals surface area contributed by atoms with Crippen molar-refractivity contribution in [2.45, 2.75) is 51.6 Å². The molecule has 2 aromatic rings. The van der Waals surface area contributed by atoms with Crippen LogP contribution in [0.3, 0.4) is 0 Å². The van der Waals surface area contributed by atoms with Crippen molar-refractivity contribution in [3.8, 4) is 0 Å². The van der Waals surface area contributed by atoms with Crippen molar-refractivity contribution in [1.82, 2.24) is 14.7 Å². The zero-order valence-corrected chi connectivity index (χ0v) is 14.2. The summed E-state index contributed by atoms with van der Waals surface area (Å²) >= 11 is 0. The maximum Gasteiger partial charge on any atom is 0.230 e. The van der Waals surface area contributed by atoms with Gasteiger partial charge in [0, 0.05) is 31.4 Å². The van der Waals surface area contributed by atoms with Gasteiger partial charge in [-0.3, -0.25) is 9.48 Å². The number of fused-ring (bicyclic) bond motifs is 1. The molecular weight excluding hydrogens is 286 g/mol. The third-order valence-corrected chi connectivity index (χ3v) is 4.69. The minimum atomic E-state index is -0.000906. The molecule has 0 fully saturated rings. The van der Waals surface area contributed by atoms with E-state index in [0.717, 1.165) is 24.8 Å². The molecule has 4 heteroatoms. The van der Waals surface area contributed by atoms with Crippen LogP contribution < -0.4 is 0 Å². The smallest absolute Gasteiger partial charge is 0.230 e. The van der Waals surface area contributed by atoms with Gasteiger partial charge in [0.15, 0.2) is 0 Å². The predicted molar refractivity (Wildman–Crippen MR) is 91.0 cm³/mol. The molecule has 0 radical (unpaired) electrons. The van der Waals surface area contributed by atoms with Gasteiger partial charge >= 0.3 is 0 Å². The first-order valence-electron chi connectivity index (χ1n) is 8.42. The maximum atomic E-state index is 13.2. The number of benzene rings is 1. The molecule has 1 aromatic carbocycles. The van der Waals surface area contributed by atoms with Crippen LogP contribution in [0.25, 0.3) is 0 Å². The van der Waals surface area contributed by atoms with Gasteiger partial charge in [-0.05, 0) is 44.2 Å². The van der Waals surface area contributed by atoms with Gasteiger partial charge in [0.05, 0.1) is 12.1 Å². The molecule has 0 N–H and O–H groups in total. The van der Waals surface area contributed by atoms with E-state index in [2.05, 4.69) is 37.1 Å². The Kier molecular flexibility index (Phi) is 4.51. The fraction of sp³-hybridized carbons (Fsp3) is 0.474. The van der Waals surface area contributed by atoms with Gasteiger partial charge < -0.3 is 4.90 Å². The van der Waals surface area contributed by atoms with E-state index in [4.69, 9.17) is 0 Å². The third kappa shape index (κ3) is 3.31. The molecule has 0 unspecified atom stereocenters. The van der Waals surface area contributed by atoms with Gasteiger partial charge in [-0.15, -0.1) is 0 Å². The van der Waals surface area contributed by atoms with E-state index < -0.39 is 0 Å². The number of aromatic nitrogens is 2. The minimum Gasteiger partial charge on any atom is -0.335 e. The van der Waals surface area contributed by atoms with Crippen LogP contribution in [0.2, 0.25) is 0 Å². The first kappa shape index (κ1) is 15.8. The SMILES string of the molecule is CC(C)N(Cc1cnn(C)c1)C(=O)[C@H]1CCCc2ccccc21. The molecule has 3 rings (SSSR count). The Bertz CT molecular complexity index is 689. The molecule has 0 aliphatic heterocycles. The lowest BCUT2D eigenvalue weighted by Crippen LogP contribution is -2.40. The summed E-state index contributed by atoms with van der Waals surface area (Å²) in [7, 11) is 1.91. The molecule has 122 valence electrons. The number of amides is 1. The molecule has 1 heterocycles. The highest BCUT2D eigenvalue weighted by molar-refractivity contribution is 5.84. The largest absolute Gasteiger partial charge is 0.335 e. The molecule has 0 saturated carbocycles. The summed E-state index contributed by atoms with van der Waals surface area (Å²) < 4.78 is 1.79. The summed E-state index contributed by atoms with van der Waals surface area (Å²) in [6.45, 7) is 4.80. The summed E-state index contributed by atoms with van der Waals surface area (Å²) in [5.41, 5.74) is 3.64. The van der Waals surface area contributed by atoms with E-state index in [9.17, 15) is 4.79 Å². The van der Waals surface area contributed by atoms with Crippen LogP contribution in [0.5, 0.6) is 0 Å². The number of rotatable bonds is 4. The van der Waals surface area contributed by atoms with E-state index in [1.54, 1.807) is 4.68 Å². The molecular formula is C19H25N3O. The standard InChI is InChI=1S/C19H25N3O/c1-14(2)22(13-15-11-20-21(3)12-15)19(23)18-10-6-8-16-7-4-5-9-17(16)18/h4-5,7,9,11-12,14,18H,6,8,10,13H2,1-3H3/t18-/m0/s1. The summed E-state index contributed by atoms with van der Waals surface area (Å²) in [4.78, 5) is 15.2. The number of hydrogen-bond acceptors (Lipinski definition) is 2. The monoisotopic (exact) mass is 311 g/mol. The maximum absolute atomic E-state index is 13.2. The van der Waals surface area contributed by atoms with Crippen LogP contribution in [0, 0.1) is 0 Å². The molecule has 23 heavy (non-hydrogen) atoms. The molecule has 1 atom stereocenters. The van der Waals surface area contributed by atoms with E-state index in [1.807, 2.05) is 30.4 Å². The van der Waals surface area contributed by atoms with Gasteiger partial charge in [0.25, 0.3) is 0 Å². The number of aryl methyl sites for hydroxylation is 2. The van der Waals surface area contributed by atoms with Crippen LogP contribution in [0.1, 0.15) is 49.3 Å². The summed E-state index contributed by atoms with van der Waals surface area (Å²) in [6, 6.07) is 8.58. The van der Waals surface area contributed by atoms with Crippen LogP contribution in [0.15, 0.2) is 36.7 Å². The van der Waals surface area contributed by atoms with Crippen molar-refractivity contribution in [3.05, 3.63) is 53.3 Å². The average Bonchev–Trinajstić information content (AvgIpc) is 2.96. The lowest BCUT2D eigenvalue weighted by atomic mass is 9.82. The van der Waals surface area contributed by atoms with Gasteiger partial charge in [-0.2, -0.15) is 5.10 Å². The Morgan fingerprint density at radius 2 is 2.17 bits per heavy atom. The molecule has 1 aliphatic carbocycles. The lowest BCUT2D eigenvalue weighted by Gasteiger charge is -2.33. The van der Waals surface area contributed by atoms with Crippen molar-refractivity contribution in [2.75, 3.05) is 0 Å². The Labute approximate surface area is 138 Å². The third-order valence-electron chi connectivity index (χ3n) is 4.69. The summed E-state index contributed by atoms with van der Waals surface area (Å²) in [5.74, 6) is 0.245. The normalized spacial score (nSPS) is 17.1. The quantitative estimate of drug-likeness (QED) is 0.869. The molecule has 0 spiro atoms. The highest BCUT2D eigenvalue weighted by Crippen LogP contribution is 2.33. The Morgan fingerprint density at radius 3 is 2.87 bits per heavy atom. The minimum absolute atomic E-state index is 0.000906. The molecule has 0 bridgehead atoms. The van der Waals surface area contributed by atoms with Crippen LogP contribution in [0.4, 0.5) is 0 Å². The average molecular weight is 311 g/mol. The molecule has 0 saturated heterocycles. The summed E-state index contributed by atoms with van der Waals surface area (Å²) in [6.07, 6.45) is 6.96. The van der Waals surface area contributed by atoms with Gasteiger partial charge in [-0.25, -0.2) is 0 Å². The molecule has 4 nitrogen and oxygen atoms in total. The van der Waals surface area contributed by atoms with Crippen molar-refractivity contribution in [1.29, 1.82) is 0 Å². The lowest BCUT2D eigenvalue weighted by molar-refractivity contribution is -0.135. The van der Waals surface area contributed by atoms with E-state index in [0.29, 0.717) is 6.54 Å². The number of carbonyl (C=O) groups is 1.